The van der Waals surface area contributed by atoms with Crippen molar-refractivity contribution in [3.63, 3.8) is 0 Å². The molecule has 0 saturated heterocycles. The molecular weight excluding hydrogens is 291 g/mol. The molecule has 0 bridgehead atoms. The van der Waals surface area contributed by atoms with E-state index in [-0.39, 0.29) is 16.8 Å². The van der Waals surface area contributed by atoms with Crippen LogP contribution in [-0.2, 0) is 10.0 Å². The van der Waals surface area contributed by atoms with Crippen LogP contribution in [0, 0.1) is 12.7 Å². The van der Waals surface area contributed by atoms with Crippen molar-refractivity contribution in [2.24, 2.45) is 5.14 Å². The summed E-state index contributed by atoms with van der Waals surface area (Å²) < 4.78 is 36.1. The molecule has 0 fully saturated rings. The second kappa shape index (κ2) is 5.83. The van der Waals surface area contributed by atoms with Gasteiger partial charge in [-0.05, 0) is 55.3 Å². The van der Waals surface area contributed by atoms with Gasteiger partial charge in [0.25, 0.3) is 0 Å². The number of aryl methyl sites for hydroxylation is 1. The largest absolute Gasteiger partial charge is 0.378 e. The summed E-state index contributed by atoms with van der Waals surface area (Å²) in [5.74, 6) is -0.317. The third kappa shape index (κ3) is 4.03. The molecule has 21 heavy (non-hydrogen) atoms. The highest BCUT2D eigenvalue weighted by Crippen LogP contribution is 2.22. The molecule has 0 saturated carbocycles. The number of hydrogen-bond donors (Lipinski definition) is 2. The Labute approximate surface area is 123 Å². The summed E-state index contributed by atoms with van der Waals surface area (Å²) in [5.41, 5.74) is 2.20. The van der Waals surface area contributed by atoms with Crippen LogP contribution in [0.3, 0.4) is 0 Å². The lowest BCUT2D eigenvalue weighted by molar-refractivity contribution is 0.597. The van der Waals surface area contributed by atoms with Crippen LogP contribution >= 0.6 is 0 Å². The minimum atomic E-state index is -3.73. The van der Waals surface area contributed by atoms with Crippen molar-refractivity contribution in [2.75, 3.05) is 5.32 Å². The molecule has 0 aliphatic heterocycles. The first-order chi connectivity index (χ1) is 9.75. The number of rotatable bonds is 4. The van der Waals surface area contributed by atoms with Crippen molar-refractivity contribution in [3.8, 4) is 0 Å². The number of hydrogen-bond acceptors (Lipinski definition) is 3. The molecule has 2 aromatic rings. The molecule has 0 radical (unpaired) electrons. The van der Waals surface area contributed by atoms with E-state index in [0.29, 0.717) is 5.69 Å². The minimum absolute atomic E-state index is 0.0593. The number of anilines is 1. The lowest BCUT2D eigenvalue weighted by Crippen LogP contribution is -2.13. The Morgan fingerprint density at radius 3 is 2.52 bits per heavy atom. The van der Waals surface area contributed by atoms with Gasteiger partial charge in [0.05, 0.1) is 4.90 Å². The van der Waals surface area contributed by atoms with E-state index < -0.39 is 10.0 Å². The molecule has 2 aromatic carbocycles. The number of halogens is 1. The lowest BCUT2D eigenvalue weighted by Gasteiger charge is -2.17. The number of nitrogens with two attached hydrogens (primary N) is 1. The van der Waals surface area contributed by atoms with Gasteiger partial charge in [0.1, 0.15) is 5.82 Å². The SMILES string of the molecule is Cc1cc(F)cc(NC(C)c2cccc(S(N)(=O)=O)c2)c1. The van der Waals surface area contributed by atoms with E-state index in [1.807, 2.05) is 13.0 Å². The first kappa shape index (κ1) is 15.5. The van der Waals surface area contributed by atoms with E-state index in [0.717, 1.165) is 11.1 Å². The highest BCUT2D eigenvalue weighted by atomic mass is 32.2. The Morgan fingerprint density at radius 2 is 1.90 bits per heavy atom. The molecule has 1 atom stereocenters. The fourth-order valence-electron chi connectivity index (χ4n) is 2.11. The fraction of sp³-hybridized carbons (Fsp3) is 0.200. The Hall–Kier alpha value is -1.92. The molecule has 0 spiro atoms. The molecule has 6 heteroatoms. The van der Waals surface area contributed by atoms with Gasteiger partial charge in [-0.2, -0.15) is 0 Å². The van der Waals surface area contributed by atoms with Gasteiger partial charge in [0.15, 0.2) is 0 Å². The molecule has 3 N–H and O–H groups in total. The number of primary sulfonamides is 1. The van der Waals surface area contributed by atoms with Crippen LogP contribution in [0.5, 0.6) is 0 Å². The van der Waals surface area contributed by atoms with Gasteiger partial charge < -0.3 is 5.32 Å². The molecule has 0 heterocycles. The van der Waals surface area contributed by atoms with Crippen LogP contribution in [0.15, 0.2) is 47.4 Å². The molecule has 0 amide bonds. The molecule has 4 nitrogen and oxygen atoms in total. The predicted molar refractivity (Wildman–Crippen MR) is 81.0 cm³/mol. The molecule has 0 aliphatic carbocycles. The van der Waals surface area contributed by atoms with Gasteiger partial charge in [-0.3, -0.25) is 0 Å². The van der Waals surface area contributed by atoms with Crippen LogP contribution < -0.4 is 10.5 Å². The Morgan fingerprint density at radius 1 is 1.19 bits per heavy atom. The summed E-state index contributed by atoms with van der Waals surface area (Å²) in [6.45, 7) is 3.67. The van der Waals surface area contributed by atoms with Crippen molar-refractivity contribution in [1.82, 2.24) is 0 Å². The van der Waals surface area contributed by atoms with Crippen LogP contribution in [0.25, 0.3) is 0 Å². The summed E-state index contributed by atoms with van der Waals surface area (Å²) >= 11 is 0. The molecule has 112 valence electrons. The lowest BCUT2D eigenvalue weighted by atomic mass is 10.1. The Kier molecular flexibility index (Phi) is 4.29. The van der Waals surface area contributed by atoms with Crippen molar-refractivity contribution in [1.29, 1.82) is 0 Å². The number of benzene rings is 2. The Balaban J connectivity index is 2.26. The summed E-state index contributed by atoms with van der Waals surface area (Å²) in [6, 6.07) is 10.8. The van der Waals surface area contributed by atoms with Gasteiger partial charge in [-0.25, -0.2) is 17.9 Å². The average molecular weight is 308 g/mol. The Bertz CT molecular complexity index is 740. The zero-order valence-electron chi connectivity index (χ0n) is 11.8. The van der Waals surface area contributed by atoms with Crippen LogP contribution in [0.1, 0.15) is 24.1 Å². The zero-order chi connectivity index (χ0) is 15.6. The maximum absolute atomic E-state index is 13.4. The first-order valence-corrected chi connectivity index (χ1v) is 7.97. The van der Waals surface area contributed by atoms with Gasteiger partial charge in [0, 0.05) is 11.7 Å². The first-order valence-electron chi connectivity index (χ1n) is 6.42. The van der Waals surface area contributed by atoms with E-state index in [9.17, 15) is 12.8 Å². The molecule has 1 unspecified atom stereocenters. The van der Waals surface area contributed by atoms with Crippen molar-refractivity contribution < 1.29 is 12.8 Å². The topological polar surface area (TPSA) is 72.2 Å². The van der Waals surface area contributed by atoms with Gasteiger partial charge in [-0.15, -0.1) is 0 Å². The van der Waals surface area contributed by atoms with E-state index >= 15 is 0 Å². The van der Waals surface area contributed by atoms with E-state index in [4.69, 9.17) is 5.14 Å². The van der Waals surface area contributed by atoms with Crippen LogP contribution in [0.4, 0.5) is 10.1 Å². The second-order valence-electron chi connectivity index (χ2n) is 5.00. The smallest absolute Gasteiger partial charge is 0.238 e. The molecule has 0 aromatic heterocycles. The standard InChI is InChI=1S/C15H17FN2O2S/c1-10-6-13(16)9-14(7-10)18-11(2)12-4-3-5-15(8-12)21(17,19)20/h3-9,11,18H,1-2H3,(H2,17,19,20). The van der Waals surface area contributed by atoms with Crippen LogP contribution in [-0.4, -0.2) is 8.42 Å². The predicted octanol–water partition coefficient (Wildman–Crippen LogP) is 2.95. The third-order valence-corrected chi connectivity index (χ3v) is 4.02. The monoisotopic (exact) mass is 308 g/mol. The number of nitrogens with one attached hydrogen (secondary N) is 1. The van der Waals surface area contributed by atoms with Crippen molar-refractivity contribution in [3.05, 3.63) is 59.4 Å². The van der Waals surface area contributed by atoms with Crippen molar-refractivity contribution in [2.45, 2.75) is 24.8 Å². The average Bonchev–Trinajstić information content (AvgIpc) is 2.36. The second-order valence-corrected chi connectivity index (χ2v) is 6.56. The minimum Gasteiger partial charge on any atom is -0.378 e. The van der Waals surface area contributed by atoms with E-state index in [1.165, 1.54) is 24.3 Å². The van der Waals surface area contributed by atoms with Gasteiger partial charge in [0.2, 0.25) is 10.0 Å². The summed E-state index contributed by atoms with van der Waals surface area (Å²) in [7, 11) is -3.73. The highest BCUT2D eigenvalue weighted by Gasteiger charge is 2.12. The summed E-state index contributed by atoms with van der Waals surface area (Å²) in [5, 5.41) is 8.26. The maximum atomic E-state index is 13.4. The zero-order valence-corrected chi connectivity index (χ0v) is 12.6. The van der Waals surface area contributed by atoms with Gasteiger partial charge >= 0.3 is 0 Å². The molecule has 0 aliphatic rings. The fourth-order valence-corrected chi connectivity index (χ4v) is 2.68. The van der Waals surface area contributed by atoms with Crippen LogP contribution in [0.2, 0.25) is 0 Å². The van der Waals surface area contributed by atoms with Gasteiger partial charge in [-0.1, -0.05) is 12.1 Å². The quantitative estimate of drug-likeness (QED) is 0.912. The van der Waals surface area contributed by atoms with Crippen molar-refractivity contribution >= 4 is 15.7 Å². The maximum Gasteiger partial charge on any atom is 0.238 e. The molecule has 2 rings (SSSR count). The van der Waals surface area contributed by atoms with E-state index in [2.05, 4.69) is 5.32 Å². The summed E-state index contributed by atoms with van der Waals surface area (Å²) in [4.78, 5) is 0.0593. The normalized spacial score (nSPS) is 13.0. The highest BCUT2D eigenvalue weighted by molar-refractivity contribution is 7.89. The molecular formula is C15H17FN2O2S. The number of sulfonamides is 1. The summed E-state index contributed by atoms with van der Waals surface area (Å²) in [6.07, 6.45) is 0. The van der Waals surface area contributed by atoms with E-state index in [1.54, 1.807) is 19.1 Å². The third-order valence-electron chi connectivity index (χ3n) is 3.11.